The van der Waals surface area contributed by atoms with Crippen LogP contribution in [-0.4, -0.2) is 56.8 Å². The summed E-state index contributed by atoms with van der Waals surface area (Å²) in [5, 5.41) is 3.28. The van der Waals surface area contributed by atoms with E-state index in [1.807, 2.05) is 24.3 Å². The van der Waals surface area contributed by atoms with Crippen LogP contribution >= 0.6 is 28.3 Å². The lowest BCUT2D eigenvalue weighted by Crippen LogP contribution is -2.45. The Hall–Kier alpha value is -0.820. The summed E-state index contributed by atoms with van der Waals surface area (Å²) >= 11 is 3.38. The van der Waals surface area contributed by atoms with Gasteiger partial charge in [-0.05, 0) is 24.3 Å². The van der Waals surface area contributed by atoms with E-state index in [4.69, 9.17) is 9.47 Å². The van der Waals surface area contributed by atoms with Crippen LogP contribution in [0.5, 0.6) is 5.75 Å². The first-order valence-corrected chi connectivity index (χ1v) is 7.88. The molecule has 1 N–H and O–H groups in total. The molecule has 1 aromatic carbocycles. The number of carbonyl (C=O) groups is 1. The van der Waals surface area contributed by atoms with Crippen molar-refractivity contribution in [1.29, 1.82) is 0 Å². The molecule has 1 fully saturated rings. The van der Waals surface area contributed by atoms with Gasteiger partial charge in [-0.2, -0.15) is 0 Å². The number of hydrogen-bond donors (Lipinski definition) is 1. The van der Waals surface area contributed by atoms with Crippen molar-refractivity contribution in [2.45, 2.75) is 12.5 Å². The summed E-state index contributed by atoms with van der Waals surface area (Å²) in [5.41, 5.74) is 0. The quantitative estimate of drug-likeness (QED) is 0.804. The number of carbonyl (C=O) groups excluding carboxylic acids is 1. The number of morpholine rings is 1. The van der Waals surface area contributed by atoms with E-state index in [0.29, 0.717) is 26.2 Å². The number of halogens is 2. The van der Waals surface area contributed by atoms with Crippen LogP contribution in [0.3, 0.4) is 0 Å². The molecule has 7 heteroatoms. The molecule has 0 aliphatic carbocycles. The molecule has 0 aromatic heterocycles. The Labute approximate surface area is 145 Å². The Kier molecular flexibility index (Phi) is 8.78. The van der Waals surface area contributed by atoms with Crippen molar-refractivity contribution in [2.75, 3.05) is 40.0 Å². The van der Waals surface area contributed by atoms with Crippen molar-refractivity contribution in [3.05, 3.63) is 28.7 Å². The zero-order valence-electron chi connectivity index (χ0n) is 12.6. The molecular weight excluding hydrogens is 372 g/mol. The highest BCUT2D eigenvalue weighted by Crippen LogP contribution is 2.15. The molecule has 5 nitrogen and oxygen atoms in total. The minimum atomic E-state index is 0. The molecular formula is C15H22BrClN2O3. The second kappa shape index (κ2) is 10.0. The fourth-order valence-corrected chi connectivity index (χ4v) is 2.34. The van der Waals surface area contributed by atoms with Crippen molar-refractivity contribution in [1.82, 2.24) is 10.2 Å². The highest BCUT2D eigenvalue weighted by molar-refractivity contribution is 9.10. The predicted octanol–water partition coefficient (Wildman–Crippen LogP) is 2.09. The van der Waals surface area contributed by atoms with Gasteiger partial charge < -0.3 is 19.7 Å². The van der Waals surface area contributed by atoms with Crippen molar-refractivity contribution >= 4 is 34.2 Å². The smallest absolute Gasteiger partial charge is 0.224 e. The van der Waals surface area contributed by atoms with Crippen molar-refractivity contribution in [2.24, 2.45) is 0 Å². The number of nitrogens with zero attached hydrogens (tertiary/aromatic N) is 1. The lowest BCUT2D eigenvalue weighted by atomic mass is 10.2. The van der Waals surface area contributed by atoms with Gasteiger partial charge in [0.2, 0.25) is 5.91 Å². The maximum Gasteiger partial charge on any atom is 0.224 e. The Bertz CT molecular complexity index is 453. The molecule has 124 valence electrons. The summed E-state index contributed by atoms with van der Waals surface area (Å²) in [6.45, 7) is 3.20. The number of amides is 1. The van der Waals surface area contributed by atoms with Crippen molar-refractivity contribution < 1.29 is 14.3 Å². The van der Waals surface area contributed by atoms with Gasteiger partial charge in [0.15, 0.2) is 0 Å². The van der Waals surface area contributed by atoms with E-state index in [0.717, 1.165) is 23.4 Å². The second-order valence-electron chi connectivity index (χ2n) is 5.05. The average molecular weight is 394 g/mol. The number of likely N-dealkylation sites (N-methyl/N-ethyl adjacent to an activating group) is 1. The average Bonchev–Trinajstić information content (AvgIpc) is 2.50. The van der Waals surface area contributed by atoms with Gasteiger partial charge in [0.05, 0.1) is 19.8 Å². The molecule has 1 unspecified atom stereocenters. The molecule has 2 rings (SSSR count). The lowest BCUT2D eigenvalue weighted by molar-refractivity contribution is -0.131. The fraction of sp³-hybridized carbons (Fsp3) is 0.533. The van der Waals surface area contributed by atoms with Crippen LogP contribution in [0.4, 0.5) is 0 Å². The number of benzene rings is 1. The highest BCUT2D eigenvalue weighted by Gasteiger charge is 2.19. The summed E-state index contributed by atoms with van der Waals surface area (Å²) in [5.74, 6) is 0.916. The van der Waals surface area contributed by atoms with E-state index in [1.54, 1.807) is 11.9 Å². The van der Waals surface area contributed by atoms with Gasteiger partial charge in [0.1, 0.15) is 12.4 Å². The molecule has 1 aliphatic heterocycles. The zero-order valence-corrected chi connectivity index (χ0v) is 15.0. The minimum absolute atomic E-state index is 0. The first kappa shape index (κ1) is 19.2. The van der Waals surface area contributed by atoms with Crippen molar-refractivity contribution in [3.8, 4) is 5.75 Å². The first-order valence-electron chi connectivity index (χ1n) is 7.08. The molecule has 1 atom stereocenters. The Balaban J connectivity index is 0.00000242. The second-order valence-corrected chi connectivity index (χ2v) is 5.96. The normalized spacial score (nSPS) is 17.5. The largest absolute Gasteiger partial charge is 0.492 e. The third-order valence-electron chi connectivity index (χ3n) is 3.35. The predicted molar refractivity (Wildman–Crippen MR) is 91.7 cm³/mol. The molecule has 0 radical (unpaired) electrons. The van der Waals surface area contributed by atoms with E-state index in [2.05, 4.69) is 21.2 Å². The van der Waals surface area contributed by atoms with Gasteiger partial charge in [0, 0.05) is 30.5 Å². The fourth-order valence-electron chi connectivity index (χ4n) is 2.07. The minimum Gasteiger partial charge on any atom is -0.492 e. The Morgan fingerprint density at radius 3 is 2.82 bits per heavy atom. The van der Waals surface area contributed by atoms with Crippen LogP contribution in [0.15, 0.2) is 28.7 Å². The van der Waals surface area contributed by atoms with Crippen molar-refractivity contribution in [3.63, 3.8) is 0 Å². The molecule has 1 aromatic rings. The summed E-state index contributed by atoms with van der Waals surface area (Å²) in [4.78, 5) is 13.8. The molecule has 0 bridgehead atoms. The third-order valence-corrected chi connectivity index (χ3v) is 3.88. The molecule has 1 heterocycles. The van der Waals surface area contributed by atoms with Gasteiger partial charge in [0.25, 0.3) is 0 Å². The number of rotatable bonds is 6. The standard InChI is InChI=1S/C15H21BrN2O3.ClH/c1-18(15(19)10-13-11-20-8-6-17-13)7-9-21-14-4-2-12(16)3-5-14;/h2-5,13,17H,6-11H2,1H3;1H. The zero-order chi connectivity index (χ0) is 15.1. The highest BCUT2D eigenvalue weighted by atomic mass is 79.9. The number of ether oxygens (including phenoxy) is 2. The number of nitrogens with one attached hydrogen (secondary N) is 1. The topological polar surface area (TPSA) is 50.8 Å². The van der Waals surface area contributed by atoms with Gasteiger partial charge in [-0.15, -0.1) is 12.4 Å². The summed E-state index contributed by atoms with van der Waals surface area (Å²) in [7, 11) is 1.80. The van der Waals surface area contributed by atoms with Crippen LogP contribution in [0.1, 0.15) is 6.42 Å². The van der Waals surface area contributed by atoms with Crippen LogP contribution < -0.4 is 10.1 Å². The Morgan fingerprint density at radius 1 is 1.45 bits per heavy atom. The molecule has 22 heavy (non-hydrogen) atoms. The van der Waals surface area contributed by atoms with E-state index < -0.39 is 0 Å². The number of hydrogen-bond acceptors (Lipinski definition) is 4. The monoisotopic (exact) mass is 392 g/mol. The van der Waals surface area contributed by atoms with E-state index in [1.165, 1.54) is 0 Å². The SMILES string of the molecule is CN(CCOc1ccc(Br)cc1)C(=O)CC1COCCN1.Cl. The molecule has 1 saturated heterocycles. The maximum absolute atomic E-state index is 12.1. The summed E-state index contributed by atoms with van der Waals surface area (Å²) in [6, 6.07) is 7.78. The first-order chi connectivity index (χ1) is 10.1. The molecule has 1 amide bonds. The third kappa shape index (κ3) is 6.52. The lowest BCUT2D eigenvalue weighted by Gasteiger charge is -2.25. The molecule has 0 spiro atoms. The van der Waals surface area contributed by atoms with Crippen LogP contribution in [-0.2, 0) is 9.53 Å². The van der Waals surface area contributed by atoms with Gasteiger partial charge in [-0.25, -0.2) is 0 Å². The van der Waals surface area contributed by atoms with Gasteiger partial charge >= 0.3 is 0 Å². The maximum atomic E-state index is 12.1. The van der Waals surface area contributed by atoms with Crippen LogP contribution in [0, 0.1) is 0 Å². The summed E-state index contributed by atoms with van der Waals surface area (Å²) < 4.78 is 12.0. The van der Waals surface area contributed by atoms with Crippen LogP contribution in [0.2, 0.25) is 0 Å². The Morgan fingerprint density at radius 2 is 2.18 bits per heavy atom. The van der Waals surface area contributed by atoms with Gasteiger partial charge in [-0.1, -0.05) is 15.9 Å². The van der Waals surface area contributed by atoms with Crippen LogP contribution in [0.25, 0.3) is 0 Å². The van der Waals surface area contributed by atoms with E-state index >= 15 is 0 Å². The molecule has 1 aliphatic rings. The summed E-state index contributed by atoms with van der Waals surface area (Å²) in [6.07, 6.45) is 0.467. The van der Waals surface area contributed by atoms with E-state index in [9.17, 15) is 4.79 Å². The molecule has 0 saturated carbocycles. The van der Waals surface area contributed by atoms with E-state index in [-0.39, 0.29) is 24.4 Å². The van der Waals surface area contributed by atoms with Gasteiger partial charge in [-0.3, -0.25) is 4.79 Å².